The van der Waals surface area contributed by atoms with E-state index in [0.29, 0.717) is 11.5 Å². The van der Waals surface area contributed by atoms with E-state index in [-0.39, 0.29) is 0 Å². The molecule has 0 aliphatic heterocycles. The van der Waals surface area contributed by atoms with E-state index in [4.69, 9.17) is 0 Å². The summed E-state index contributed by atoms with van der Waals surface area (Å²) in [5.41, 5.74) is 1.62. The van der Waals surface area contributed by atoms with Crippen molar-refractivity contribution in [2.24, 2.45) is 0 Å². The molecule has 13 heavy (non-hydrogen) atoms. The van der Waals surface area contributed by atoms with Gasteiger partial charge in [0.15, 0.2) is 0 Å². The summed E-state index contributed by atoms with van der Waals surface area (Å²) >= 11 is 1.81. The molecule has 1 aromatic heterocycles. The second-order valence-electron chi connectivity index (χ2n) is 4.15. The van der Waals surface area contributed by atoms with Gasteiger partial charge in [-0.2, -0.15) is 0 Å². The number of thiazole rings is 1. The highest BCUT2D eigenvalue weighted by atomic mass is 32.1. The van der Waals surface area contributed by atoms with Crippen LogP contribution in [0.3, 0.4) is 0 Å². The largest absolute Gasteiger partial charge is 0.312 e. The molecule has 3 heteroatoms. The van der Waals surface area contributed by atoms with Gasteiger partial charge in [0.05, 0.1) is 10.7 Å². The van der Waals surface area contributed by atoms with Crippen molar-refractivity contribution >= 4 is 11.3 Å². The summed E-state index contributed by atoms with van der Waals surface area (Å²) in [6, 6.07) is 0.382. The topological polar surface area (TPSA) is 24.9 Å². The summed E-state index contributed by atoms with van der Waals surface area (Å²) in [4.78, 5) is 4.67. The van der Waals surface area contributed by atoms with Crippen molar-refractivity contribution in [3.05, 3.63) is 16.1 Å². The molecule has 0 spiro atoms. The van der Waals surface area contributed by atoms with Gasteiger partial charge in [0.25, 0.3) is 0 Å². The molecule has 2 rings (SSSR count). The summed E-state index contributed by atoms with van der Waals surface area (Å²) in [6.45, 7) is 4.45. The maximum absolute atomic E-state index is 4.67. The first-order valence-electron chi connectivity index (χ1n) is 4.79. The minimum Gasteiger partial charge on any atom is -0.312 e. The lowest BCUT2D eigenvalue weighted by molar-refractivity contribution is 0.629. The van der Waals surface area contributed by atoms with E-state index >= 15 is 0 Å². The molecule has 1 saturated carbocycles. The quantitative estimate of drug-likeness (QED) is 0.803. The fourth-order valence-electron chi connectivity index (χ4n) is 1.31. The molecule has 1 N–H and O–H groups in total. The maximum atomic E-state index is 4.67. The Labute approximate surface area is 83.4 Å². The van der Waals surface area contributed by atoms with Crippen LogP contribution in [0.25, 0.3) is 0 Å². The molecule has 0 radical (unpaired) electrons. The van der Waals surface area contributed by atoms with Gasteiger partial charge < -0.3 is 5.32 Å². The van der Waals surface area contributed by atoms with Gasteiger partial charge >= 0.3 is 0 Å². The third kappa shape index (κ3) is 1.63. The zero-order chi connectivity index (χ0) is 9.47. The second-order valence-corrected chi connectivity index (χ2v) is 5.01. The van der Waals surface area contributed by atoms with Gasteiger partial charge in [-0.25, -0.2) is 4.98 Å². The average molecular weight is 196 g/mol. The van der Waals surface area contributed by atoms with Crippen LogP contribution >= 0.6 is 11.3 Å². The van der Waals surface area contributed by atoms with Crippen LogP contribution in [0.15, 0.2) is 5.38 Å². The molecule has 0 amide bonds. The highest BCUT2D eigenvalue weighted by Gasteiger charge is 2.41. The van der Waals surface area contributed by atoms with Crippen LogP contribution in [0.2, 0.25) is 0 Å². The average Bonchev–Trinajstić information content (AvgIpc) is 2.72. The molecule has 1 aliphatic carbocycles. The van der Waals surface area contributed by atoms with E-state index in [9.17, 15) is 0 Å². The van der Waals surface area contributed by atoms with Crippen molar-refractivity contribution in [3.63, 3.8) is 0 Å². The zero-order valence-corrected chi connectivity index (χ0v) is 9.24. The first-order valence-corrected chi connectivity index (χ1v) is 5.67. The van der Waals surface area contributed by atoms with Gasteiger partial charge in [0.2, 0.25) is 0 Å². The van der Waals surface area contributed by atoms with Crippen molar-refractivity contribution in [2.75, 3.05) is 7.05 Å². The summed E-state index contributed by atoms with van der Waals surface area (Å²) in [5, 5.41) is 6.71. The normalized spacial score (nSPS) is 21.5. The molecule has 0 saturated heterocycles. The van der Waals surface area contributed by atoms with Gasteiger partial charge in [-0.1, -0.05) is 6.92 Å². The van der Waals surface area contributed by atoms with E-state index in [2.05, 4.69) is 29.5 Å². The van der Waals surface area contributed by atoms with Crippen LogP contribution in [0.1, 0.15) is 43.4 Å². The molecular weight excluding hydrogens is 180 g/mol. The fraction of sp³-hybridized carbons (Fsp3) is 0.700. The third-order valence-corrected chi connectivity index (χ3v) is 4.08. The van der Waals surface area contributed by atoms with Crippen LogP contribution in [-0.2, 0) is 5.41 Å². The van der Waals surface area contributed by atoms with Gasteiger partial charge in [-0.3, -0.25) is 0 Å². The van der Waals surface area contributed by atoms with Gasteiger partial charge in [-0.15, -0.1) is 11.3 Å². The Morgan fingerprint density at radius 3 is 2.85 bits per heavy atom. The van der Waals surface area contributed by atoms with Gasteiger partial charge in [-0.05, 0) is 26.8 Å². The maximum Gasteiger partial charge on any atom is 0.0988 e. The molecule has 0 aromatic carbocycles. The van der Waals surface area contributed by atoms with E-state index in [1.54, 1.807) is 0 Å². The predicted molar refractivity (Wildman–Crippen MR) is 56.2 cm³/mol. The molecule has 1 aliphatic rings. The fourth-order valence-corrected chi connectivity index (χ4v) is 2.45. The Morgan fingerprint density at radius 2 is 2.31 bits per heavy atom. The molecule has 0 bridgehead atoms. The summed E-state index contributed by atoms with van der Waals surface area (Å²) < 4.78 is 0. The molecule has 72 valence electrons. The zero-order valence-electron chi connectivity index (χ0n) is 8.42. The van der Waals surface area contributed by atoms with Crippen LogP contribution in [0, 0.1) is 0 Å². The Bertz CT molecular complexity index is 302. The SMILES string of the molecule is CNC(C)c1csc(C2(C)CC2)n1. The Balaban J connectivity index is 2.18. The van der Waals surface area contributed by atoms with Crippen molar-refractivity contribution in [2.45, 2.75) is 38.1 Å². The summed E-state index contributed by atoms with van der Waals surface area (Å²) in [5.74, 6) is 0. The first kappa shape index (κ1) is 9.16. The second kappa shape index (κ2) is 3.07. The molecule has 1 unspecified atom stereocenters. The third-order valence-electron chi connectivity index (χ3n) is 2.91. The minimum atomic E-state index is 0.382. The Morgan fingerprint density at radius 1 is 1.62 bits per heavy atom. The number of hydrogen-bond acceptors (Lipinski definition) is 3. The van der Waals surface area contributed by atoms with E-state index < -0.39 is 0 Å². The van der Waals surface area contributed by atoms with Crippen LogP contribution < -0.4 is 5.32 Å². The number of rotatable bonds is 3. The number of nitrogens with zero attached hydrogens (tertiary/aromatic N) is 1. The van der Waals surface area contributed by atoms with Crippen molar-refractivity contribution in [1.29, 1.82) is 0 Å². The Hall–Kier alpha value is -0.410. The van der Waals surface area contributed by atoms with Crippen molar-refractivity contribution in [3.8, 4) is 0 Å². The number of hydrogen-bond donors (Lipinski definition) is 1. The van der Waals surface area contributed by atoms with Crippen LogP contribution in [-0.4, -0.2) is 12.0 Å². The highest BCUT2D eigenvalue weighted by Crippen LogP contribution is 2.48. The van der Waals surface area contributed by atoms with Gasteiger partial charge in [0, 0.05) is 16.8 Å². The standard InChI is InChI=1S/C10H16N2S/c1-7(11-3)8-6-13-9(12-8)10(2)4-5-10/h6-7,11H,4-5H2,1-3H3. The minimum absolute atomic E-state index is 0.382. The smallest absolute Gasteiger partial charge is 0.0988 e. The van der Waals surface area contributed by atoms with Gasteiger partial charge in [0.1, 0.15) is 0 Å². The van der Waals surface area contributed by atoms with E-state index in [1.165, 1.54) is 23.5 Å². The molecule has 1 atom stereocenters. The number of nitrogens with one attached hydrogen (secondary N) is 1. The highest BCUT2D eigenvalue weighted by molar-refractivity contribution is 7.09. The number of aromatic nitrogens is 1. The predicted octanol–water partition coefficient (Wildman–Crippen LogP) is 2.48. The monoisotopic (exact) mass is 196 g/mol. The van der Waals surface area contributed by atoms with E-state index in [0.717, 1.165) is 0 Å². The lowest BCUT2D eigenvalue weighted by Gasteiger charge is -2.06. The summed E-state index contributed by atoms with van der Waals surface area (Å²) in [7, 11) is 1.97. The molecule has 2 nitrogen and oxygen atoms in total. The summed E-state index contributed by atoms with van der Waals surface area (Å²) in [6.07, 6.45) is 2.63. The molecule has 1 fully saturated rings. The van der Waals surface area contributed by atoms with Crippen LogP contribution in [0.4, 0.5) is 0 Å². The lowest BCUT2D eigenvalue weighted by atomic mass is 10.1. The molecule has 1 heterocycles. The van der Waals surface area contributed by atoms with Crippen LogP contribution in [0.5, 0.6) is 0 Å². The van der Waals surface area contributed by atoms with E-state index in [1.807, 2.05) is 18.4 Å². The Kier molecular flexibility index (Phi) is 2.16. The first-order chi connectivity index (χ1) is 6.15. The lowest BCUT2D eigenvalue weighted by Crippen LogP contribution is -2.13. The molecular formula is C10H16N2S. The molecule has 1 aromatic rings. The van der Waals surface area contributed by atoms with Crippen molar-refractivity contribution in [1.82, 2.24) is 10.3 Å². The van der Waals surface area contributed by atoms with Crippen molar-refractivity contribution < 1.29 is 0 Å².